The average molecular weight is 489 g/mol. The molecule has 1 N–H and O–H groups in total. The van der Waals surface area contributed by atoms with Gasteiger partial charge in [0.05, 0.1) is 32.7 Å². The Labute approximate surface area is 209 Å². The zero-order chi connectivity index (χ0) is 24.8. The van der Waals surface area contributed by atoms with E-state index in [9.17, 15) is 9.90 Å². The third kappa shape index (κ3) is 5.55. The van der Waals surface area contributed by atoms with E-state index in [1.807, 2.05) is 65.2 Å². The van der Waals surface area contributed by atoms with Crippen molar-refractivity contribution in [1.82, 2.24) is 9.55 Å². The van der Waals surface area contributed by atoms with Crippen molar-refractivity contribution in [3.8, 4) is 22.9 Å². The summed E-state index contributed by atoms with van der Waals surface area (Å²) in [7, 11) is 3.11. The predicted molar refractivity (Wildman–Crippen MR) is 137 cm³/mol. The minimum absolute atomic E-state index is 0.202. The quantitative estimate of drug-likeness (QED) is 0.293. The van der Waals surface area contributed by atoms with Gasteiger partial charge in [0.1, 0.15) is 5.82 Å². The fourth-order valence-corrected chi connectivity index (χ4v) is 4.06. The minimum Gasteiger partial charge on any atom is -0.493 e. The van der Waals surface area contributed by atoms with E-state index in [0.29, 0.717) is 28.8 Å². The van der Waals surface area contributed by atoms with Gasteiger partial charge in [-0.25, -0.2) is 9.78 Å². The lowest BCUT2D eigenvalue weighted by molar-refractivity contribution is -0.132. The van der Waals surface area contributed by atoms with Gasteiger partial charge in [-0.1, -0.05) is 66.2 Å². The van der Waals surface area contributed by atoms with Crippen molar-refractivity contribution in [3.63, 3.8) is 0 Å². The summed E-state index contributed by atoms with van der Waals surface area (Å²) < 4.78 is 12.6. The molecule has 0 aliphatic carbocycles. The van der Waals surface area contributed by atoms with Gasteiger partial charge >= 0.3 is 5.97 Å². The summed E-state index contributed by atoms with van der Waals surface area (Å²) in [5.74, 6) is 0.853. The summed E-state index contributed by atoms with van der Waals surface area (Å²) >= 11 is 6.44. The fraction of sp³-hybridized carbons (Fsp3) is 0.143. The Hall–Kier alpha value is -4.03. The molecule has 35 heavy (non-hydrogen) atoms. The largest absolute Gasteiger partial charge is 0.493 e. The SMILES string of the molecule is COc1ccc(C/C(=C\c2cnc(-c3ccccc3)n2Cc2ccccc2Cl)C(=O)O)cc1OC. The molecule has 4 aromatic rings. The Morgan fingerprint density at radius 3 is 2.40 bits per heavy atom. The second kappa shape index (κ2) is 10.9. The molecule has 0 unspecified atom stereocenters. The number of nitrogens with zero attached hydrogens (tertiary/aromatic N) is 2. The van der Waals surface area contributed by atoms with Gasteiger partial charge < -0.3 is 19.1 Å². The number of hydrogen-bond acceptors (Lipinski definition) is 4. The van der Waals surface area contributed by atoms with Crippen molar-refractivity contribution < 1.29 is 19.4 Å². The molecular weight excluding hydrogens is 464 g/mol. The molecule has 0 saturated heterocycles. The highest BCUT2D eigenvalue weighted by atomic mass is 35.5. The smallest absolute Gasteiger partial charge is 0.331 e. The monoisotopic (exact) mass is 488 g/mol. The molecule has 6 nitrogen and oxygen atoms in total. The molecule has 0 atom stereocenters. The summed E-state index contributed by atoms with van der Waals surface area (Å²) in [5, 5.41) is 10.6. The summed E-state index contributed by atoms with van der Waals surface area (Å²) in [4.78, 5) is 16.8. The summed E-state index contributed by atoms with van der Waals surface area (Å²) in [6.45, 7) is 0.443. The van der Waals surface area contributed by atoms with Crippen LogP contribution in [-0.2, 0) is 17.8 Å². The average Bonchev–Trinajstić information content (AvgIpc) is 3.27. The van der Waals surface area contributed by atoms with E-state index >= 15 is 0 Å². The molecule has 0 radical (unpaired) electrons. The minimum atomic E-state index is -1.01. The van der Waals surface area contributed by atoms with E-state index in [1.165, 1.54) is 0 Å². The maximum absolute atomic E-state index is 12.2. The maximum atomic E-state index is 12.2. The van der Waals surface area contributed by atoms with Gasteiger partial charge in [0.2, 0.25) is 0 Å². The van der Waals surface area contributed by atoms with Crippen LogP contribution < -0.4 is 9.47 Å². The lowest BCUT2D eigenvalue weighted by Gasteiger charge is -2.13. The van der Waals surface area contributed by atoms with Crippen LogP contribution in [-0.4, -0.2) is 34.8 Å². The van der Waals surface area contributed by atoms with Crippen LogP contribution in [0.15, 0.2) is 84.6 Å². The van der Waals surface area contributed by atoms with E-state index in [2.05, 4.69) is 4.98 Å². The summed E-state index contributed by atoms with van der Waals surface area (Å²) in [6, 6.07) is 22.7. The predicted octanol–water partition coefficient (Wildman–Crippen LogP) is 5.98. The third-order valence-electron chi connectivity index (χ3n) is 5.64. The molecule has 0 aliphatic heterocycles. The van der Waals surface area contributed by atoms with E-state index < -0.39 is 5.97 Å². The number of halogens is 1. The van der Waals surface area contributed by atoms with Crippen LogP contribution in [0.1, 0.15) is 16.8 Å². The number of carboxylic acids is 1. The van der Waals surface area contributed by atoms with Crippen LogP contribution in [0.4, 0.5) is 0 Å². The van der Waals surface area contributed by atoms with Gasteiger partial charge in [0.15, 0.2) is 11.5 Å². The molecule has 0 fully saturated rings. The van der Waals surface area contributed by atoms with Gasteiger partial charge in [-0.05, 0) is 35.4 Å². The number of aliphatic carboxylic acids is 1. The Bertz CT molecular complexity index is 1360. The fourth-order valence-electron chi connectivity index (χ4n) is 3.86. The van der Waals surface area contributed by atoms with Crippen LogP contribution in [0.3, 0.4) is 0 Å². The number of imidazole rings is 1. The van der Waals surface area contributed by atoms with Crippen molar-refractivity contribution in [2.75, 3.05) is 14.2 Å². The van der Waals surface area contributed by atoms with Crippen molar-refractivity contribution in [3.05, 3.63) is 106 Å². The van der Waals surface area contributed by atoms with Crippen LogP contribution >= 0.6 is 11.6 Å². The van der Waals surface area contributed by atoms with Crippen LogP contribution in [0.5, 0.6) is 11.5 Å². The van der Waals surface area contributed by atoms with Gasteiger partial charge in [-0.15, -0.1) is 0 Å². The van der Waals surface area contributed by atoms with Crippen LogP contribution in [0.2, 0.25) is 5.02 Å². The summed E-state index contributed by atoms with van der Waals surface area (Å²) in [5.41, 5.74) is 3.52. The van der Waals surface area contributed by atoms with Crippen LogP contribution in [0, 0.1) is 0 Å². The highest BCUT2D eigenvalue weighted by Gasteiger charge is 2.16. The standard InChI is InChI=1S/C28H25ClN2O4/c1-34-25-13-12-19(15-26(25)35-2)14-22(28(32)33)16-23-17-30-27(20-8-4-3-5-9-20)31(23)18-21-10-6-7-11-24(21)29/h3-13,15-17H,14,18H2,1-2H3,(H,32,33)/b22-16+. The number of carbonyl (C=O) groups is 1. The molecule has 3 aromatic carbocycles. The Kier molecular flexibility index (Phi) is 7.53. The zero-order valence-electron chi connectivity index (χ0n) is 19.4. The second-order valence-electron chi connectivity index (χ2n) is 7.89. The third-order valence-corrected chi connectivity index (χ3v) is 6.01. The number of rotatable bonds is 9. The van der Waals surface area contributed by atoms with Crippen molar-refractivity contribution in [2.45, 2.75) is 13.0 Å². The molecule has 0 saturated carbocycles. The maximum Gasteiger partial charge on any atom is 0.331 e. The van der Waals surface area contributed by atoms with Gasteiger partial charge in [-0.2, -0.15) is 0 Å². The number of ether oxygens (including phenoxy) is 2. The van der Waals surface area contributed by atoms with Gasteiger partial charge in [-0.3, -0.25) is 0 Å². The second-order valence-corrected chi connectivity index (χ2v) is 8.30. The number of methoxy groups -OCH3 is 2. The van der Waals surface area contributed by atoms with E-state index in [1.54, 1.807) is 38.6 Å². The molecule has 1 aromatic heterocycles. The highest BCUT2D eigenvalue weighted by Crippen LogP contribution is 2.29. The van der Waals surface area contributed by atoms with Gasteiger partial charge in [0.25, 0.3) is 0 Å². The number of carboxylic acid groups (broad SMARTS) is 1. The molecule has 1 heterocycles. The van der Waals surface area contributed by atoms with Crippen molar-refractivity contribution in [2.24, 2.45) is 0 Å². The molecule has 0 amide bonds. The molecule has 4 rings (SSSR count). The van der Waals surface area contributed by atoms with Gasteiger partial charge in [0, 0.05) is 22.6 Å². The first-order chi connectivity index (χ1) is 17.0. The van der Waals surface area contributed by atoms with Crippen molar-refractivity contribution in [1.29, 1.82) is 0 Å². The lowest BCUT2D eigenvalue weighted by Crippen LogP contribution is -2.08. The van der Waals surface area contributed by atoms with E-state index in [0.717, 1.165) is 22.5 Å². The van der Waals surface area contributed by atoms with Crippen molar-refractivity contribution >= 4 is 23.6 Å². The number of hydrogen-bond donors (Lipinski definition) is 1. The first kappa shape index (κ1) is 24.1. The summed E-state index contributed by atoms with van der Waals surface area (Å²) in [6.07, 6.45) is 3.56. The van der Waals surface area contributed by atoms with Crippen LogP contribution in [0.25, 0.3) is 17.5 Å². The molecule has 0 aliphatic rings. The molecule has 7 heteroatoms. The lowest BCUT2D eigenvalue weighted by atomic mass is 10.0. The van der Waals surface area contributed by atoms with E-state index in [-0.39, 0.29) is 12.0 Å². The first-order valence-electron chi connectivity index (χ1n) is 11.0. The highest BCUT2D eigenvalue weighted by molar-refractivity contribution is 6.31. The normalized spacial score (nSPS) is 11.3. The zero-order valence-corrected chi connectivity index (χ0v) is 20.2. The Morgan fingerprint density at radius 1 is 1.00 bits per heavy atom. The van der Waals surface area contributed by atoms with E-state index in [4.69, 9.17) is 21.1 Å². The Morgan fingerprint density at radius 2 is 1.71 bits per heavy atom. The Balaban J connectivity index is 1.77. The number of benzene rings is 3. The number of aromatic nitrogens is 2. The topological polar surface area (TPSA) is 73.6 Å². The molecule has 0 bridgehead atoms. The molecule has 178 valence electrons. The first-order valence-corrected chi connectivity index (χ1v) is 11.4. The molecule has 0 spiro atoms. The molecular formula is C28H25ClN2O4.